The molecule has 0 aliphatic carbocycles. The lowest BCUT2D eigenvalue weighted by Gasteiger charge is -2.36. The molecule has 0 saturated heterocycles. The predicted octanol–water partition coefficient (Wildman–Crippen LogP) is 6.75. The largest absolute Gasteiger partial charge is 0.417 e. The third-order valence-corrected chi connectivity index (χ3v) is 6.07. The van der Waals surface area contributed by atoms with Gasteiger partial charge in [-0.3, -0.25) is 9.69 Å². The normalized spacial score (nSPS) is 14.6. The summed E-state index contributed by atoms with van der Waals surface area (Å²) in [5, 5.41) is 2.33. The average Bonchev–Trinajstić information content (AvgIpc) is 2.76. The van der Waals surface area contributed by atoms with Gasteiger partial charge in [-0.25, -0.2) is 0 Å². The van der Waals surface area contributed by atoms with E-state index in [-0.39, 0.29) is 11.6 Å². The molecule has 0 aliphatic rings. The molecule has 0 spiro atoms. The summed E-state index contributed by atoms with van der Waals surface area (Å²) in [6, 6.07) is 12.2. The lowest BCUT2D eigenvalue weighted by molar-refractivity contribution is -0.137. The van der Waals surface area contributed by atoms with Crippen molar-refractivity contribution in [2.75, 3.05) is 13.1 Å². The van der Waals surface area contributed by atoms with Gasteiger partial charge in [0.1, 0.15) is 0 Å². The quantitative estimate of drug-likeness (QED) is 0.392. The van der Waals surface area contributed by atoms with Crippen LogP contribution >= 0.6 is 11.6 Å². The standard InChI is InChI=1S/C25H30ClF3N2O/c1-5-15-31(16-17(3)6-2)18(4)23(19-11-8-7-9-12-19)30-24(32)20-13-10-14-21(22(20)26)25(27,28)29/h5,7-14,17-18,23H,1,6,15-16H2,2-4H3,(H,30,32). The maximum absolute atomic E-state index is 13.3. The van der Waals surface area contributed by atoms with Crippen molar-refractivity contribution in [2.24, 2.45) is 5.92 Å². The number of hydrogen-bond acceptors (Lipinski definition) is 2. The van der Waals surface area contributed by atoms with Crippen LogP contribution in [0.4, 0.5) is 13.2 Å². The summed E-state index contributed by atoms with van der Waals surface area (Å²) in [4.78, 5) is 15.3. The zero-order valence-electron chi connectivity index (χ0n) is 18.6. The van der Waals surface area contributed by atoms with Crippen LogP contribution in [-0.4, -0.2) is 29.9 Å². The van der Waals surface area contributed by atoms with Gasteiger partial charge in [0.15, 0.2) is 0 Å². The van der Waals surface area contributed by atoms with E-state index in [1.54, 1.807) is 0 Å². The number of alkyl halides is 3. The Morgan fingerprint density at radius 2 is 1.81 bits per heavy atom. The summed E-state index contributed by atoms with van der Waals surface area (Å²) >= 11 is 5.99. The lowest BCUT2D eigenvalue weighted by atomic mass is 9.97. The van der Waals surface area contributed by atoms with Crippen LogP contribution in [0.1, 0.15) is 54.7 Å². The Hall–Kier alpha value is -2.31. The SMILES string of the molecule is C=CCN(CC(C)CC)C(C)C(NC(=O)c1cccc(C(F)(F)F)c1Cl)c1ccccc1. The molecule has 3 unspecified atom stereocenters. The van der Waals surface area contributed by atoms with Gasteiger partial charge in [0.25, 0.3) is 5.91 Å². The van der Waals surface area contributed by atoms with Gasteiger partial charge in [0, 0.05) is 19.1 Å². The second-order valence-electron chi connectivity index (χ2n) is 8.02. The molecule has 2 rings (SSSR count). The predicted molar refractivity (Wildman–Crippen MR) is 124 cm³/mol. The minimum Gasteiger partial charge on any atom is -0.344 e. The van der Waals surface area contributed by atoms with Gasteiger partial charge in [-0.15, -0.1) is 6.58 Å². The molecule has 0 heterocycles. The van der Waals surface area contributed by atoms with E-state index in [1.807, 2.05) is 43.3 Å². The molecule has 2 aromatic rings. The van der Waals surface area contributed by atoms with Crippen molar-refractivity contribution in [1.29, 1.82) is 0 Å². The lowest BCUT2D eigenvalue weighted by Crippen LogP contribution is -2.46. The van der Waals surface area contributed by atoms with Gasteiger partial charge in [-0.05, 0) is 30.5 Å². The Morgan fingerprint density at radius 1 is 1.16 bits per heavy atom. The third kappa shape index (κ3) is 6.59. The van der Waals surface area contributed by atoms with Crippen LogP contribution in [-0.2, 0) is 6.18 Å². The Labute approximate surface area is 193 Å². The van der Waals surface area contributed by atoms with Crippen molar-refractivity contribution in [3.05, 3.63) is 82.9 Å². The molecular formula is C25H30ClF3N2O. The van der Waals surface area contributed by atoms with Crippen LogP contribution in [0.3, 0.4) is 0 Å². The summed E-state index contributed by atoms with van der Waals surface area (Å²) in [6.07, 6.45) is -1.83. The molecule has 0 aliphatic heterocycles. The smallest absolute Gasteiger partial charge is 0.344 e. The fourth-order valence-corrected chi connectivity index (χ4v) is 3.92. The molecule has 0 radical (unpaired) electrons. The number of carbonyl (C=O) groups is 1. The highest BCUT2D eigenvalue weighted by molar-refractivity contribution is 6.34. The first-order valence-corrected chi connectivity index (χ1v) is 11.0. The van der Waals surface area contributed by atoms with Crippen LogP contribution < -0.4 is 5.32 Å². The Bertz CT molecular complexity index is 902. The molecule has 174 valence electrons. The number of carbonyl (C=O) groups excluding carboxylic acids is 1. The first kappa shape index (κ1) is 25.9. The van der Waals surface area contributed by atoms with Crippen molar-refractivity contribution in [1.82, 2.24) is 10.2 Å². The van der Waals surface area contributed by atoms with Gasteiger partial charge < -0.3 is 5.32 Å². The van der Waals surface area contributed by atoms with Gasteiger partial charge >= 0.3 is 6.18 Å². The Kier molecular flexibility index (Phi) is 9.34. The van der Waals surface area contributed by atoms with Crippen LogP contribution in [0.15, 0.2) is 61.2 Å². The fraction of sp³-hybridized carbons (Fsp3) is 0.400. The minimum absolute atomic E-state index is 0.141. The number of benzene rings is 2. The molecule has 2 aromatic carbocycles. The third-order valence-electron chi connectivity index (χ3n) is 5.66. The van der Waals surface area contributed by atoms with Crippen LogP contribution in [0.25, 0.3) is 0 Å². The van der Waals surface area contributed by atoms with E-state index in [0.717, 1.165) is 24.6 Å². The minimum atomic E-state index is -4.64. The van der Waals surface area contributed by atoms with Crippen LogP contribution in [0.2, 0.25) is 5.02 Å². The average molecular weight is 467 g/mol. The molecule has 7 heteroatoms. The van der Waals surface area contributed by atoms with Crippen molar-refractivity contribution in [3.8, 4) is 0 Å². The molecular weight excluding hydrogens is 437 g/mol. The second kappa shape index (κ2) is 11.5. The van der Waals surface area contributed by atoms with Gasteiger partial charge in [-0.1, -0.05) is 74.3 Å². The number of hydrogen-bond donors (Lipinski definition) is 1. The van der Waals surface area contributed by atoms with Crippen LogP contribution in [0, 0.1) is 5.92 Å². The van der Waals surface area contributed by atoms with Gasteiger partial charge in [0.05, 0.1) is 22.2 Å². The number of nitrogens with zero attached hydrogens (tertiary/aromatic N) is 1. The molecule has 0 bridgehead atoms. The highest BCUT2D eigenvalue weighted by atomic mass is 35.5. The maximum atomic E-state index is 13.3. The van der Waals surface area contributed by atoms with Gasteiger partial charge in [0.2, 0.25) is 0 Å². The zero-order valence-corrected chi connectivity index (χ0v) is 19.4. The summed E-state index contributed by atoms with van der Waals surface area (Å²) in [6.45, 7) is 11.5. The van der Waals surface area contributed by atoms with Crippen molar-refractivity contribution in [2.45, 2.75) is 45.5 Å². The molecule has 1 N–H and O–H groups in total. The molecule has 32 heavy (non-hydrogen) atoms. The Morgan fingerprint density at radius 3 is 2.38 bits per heavy atom. The summed E-state index contributed by atoms with van der Waals surface area (Å²) in [5.41, 5.74) is -0.373. The molecule has 3 atom stereocenters. The van der Waals surface area contributed by atoms with Crippen LogP contribution in [0.5, 0.6) is 0 Å². The first-order valence-electron chi connectivity index (χ1n) is 10.7. The number of nitrogens with one attached hydrogen (secondary N) is 1. The molecule has 1 amide bonds. The summed E-state index contributed by atoms with van der Waals surface area (Å²) < 4.78 is 39.8. The Balaban J connectivity index is 2.40. The second-order valence-corrected chi connectivity index (χ2v) is 8.40. The van der Waals surface area contributed by atoms with E-state index in [4.69, 9.17) is 11.6 Å². The number of amides is 1. The van der Waals surface area contributed by atoms with E-state index in [0.29, 0.717) is 12.5 Å². The number of halogens is 4. The van der Waals surface area contributed by atoms with E-state index in [1.165, 1.54) is 12.1 Å². The van der Waals surface area contributed by atoms with Crippen molar-refractivity contribution < 1.29 is 18.0 Å². The highest BCUT2D eigenvalue weighted by Gasteiger charge is 2.35. The van der Waals surface area contributed by atoms with Crippen molar-refractivity contribution >= 4 is 17.5 Å². The molecule has 3 nitrogen and oxygen atoms in total. The topological polar surface area (TPSA) is 32.3 Å². The molecule has 0 fully saturated rings. The van der Waals surface area contributed by atoms with E-state index in [9.17, 15) is 18.0 Å². The van der Waals surface area contributed by atoms with E-state index >= 15 is 0 Å². The summed E-state index contributed by atoms with van der Waals surface area (Å²) in [7, 11) is 0. The molecule has 0 saturated carbocycles. The highest BCUT2D eigenvalue weighted by Crippen LogP contribution is 2.36. The first-order chi connectivity index (χ1) is 15.1. The van der Waals surface area contributed by atoms with Crippen molar-refractivity contribution in [3.63, 3.8) is 0 Å². The zero-order chi connectivity index (χ0) is 23.9. The van der Waals surface area contributed by atoms with E-state index in [2.05, 4.69) is 30.6 Å². The van der Waals surface area contributed by atoms with E-state index < -0.39 is 28.7 Å². The maximum Gasteiger partial charge on any atom is 0.417 e. The van der Waals surface area contributed by atoms with Gasteiger partial charge in [-0.2, -0.15) is 13.2 Å². The summed E-state index contributed by atoms with van der Waals surface area (Å²) in [5.74, 6) is -0.216. The fourth-order valence-electron chi connectivity index (χ4n) is 3.60. The monoisotopic (exact) mass is 466 g/mol. The molecule has 0 aromatic heterocycles. The number of rotatable bonds is 10.